The third-order valence-electron chi connectivity index (χ3n) is 8.28. The summed E-state index contributed by atoms with van der Waals surface area (Å²) in [6.45, 7) is 3.83. The summed E-state index contributed by atoms with van der Waals surface area (Å²) in [6, 6.07) is 0. The van der Waals surface area contributed by atoms with Crippen molar-refractivity contribution >= 4 is 16.4 Å². The molecule has 4 N–H and O–H groups in total. The zero-order valence-electron chi connectivity index (χ0n) is 30.0. The Labute approximate surface area is 295 Å². The van der Waals surface area contributed by atoms with Gasteiger partial charge in [-0.1, -0.05) is 102 Å². The smallest absolute Gasteiger partial charge is 0.397 e. The molecule has 0 saturated carbocycles. The predicted molar refractivity (Wildman–Crippen MR) is 188 cm³/mol. The van der Waals surface area contributed by atoms with E-state index in [4.69, 9.17) is 23.5 Å². The van der Waals surface area contributed by atoms with Crippen molar-refractivity contribution in [2.45, 2.75) is 173 Å². The second-order valence-electron chi connectivity index (χ2n) is 12.8. The molecule has 12 nitrogen and oxygen atoms in total. The molecule has 1 fully saturated rings. The van der Waals surface area contributed by atoms with E-state index in [1.807, 2.05) is 0 Å². The molecule has 0 aromatic rings. The molecule has 0 aliphatic carbocycles. The Kier molecular flexibility index (Phi) is 27.2. The number of hydrogen-bond acceptors (Lipinski definition) is 11. The number of aliphatic hydroxyl groups excluding tert-OH is 3. The molecule has 1 aliphatic rings. The van der Waals surface area contributed by atoms with Crippen LogP contribution in [0.5, 0.6) is 0 Å². The quantitative estimate of drug-likeness (QED) is 0.0279. The summed E-state index contributed by atoms with van der Waals surface area (Å²) in [5.41, 5.74) is 0. The number of allylic oxidation sites excluding steroid dienone is 4. The number of rotatable bonds is 31. The summed E-state index contributed by atoms with van der Waals surface area (Å²) in [5.74, 6) is -0.415. The summed E-state index contributed by atoms with van der Waals surface area (Å²) < 4.78 is 58.6. The van der Waals surface area contributed by atoms with E-state index in [2.05, 4.69) is 42.3 Å². The molecule has 49 heavy (non-hydrogen) atoms. The number of aliphatic hydroxyl groups is 3. The van der Waals surface area contributed by atoms with Crippen LogP contribution >= 0.6 is 0 Å². The topological polar surface area (TPSA) is 178 Å². The molecular formula is C36H66O12S. The van der Waals surface area contributed by atoms with Crippen LogP contribution in [0.4, 0.5) is 0 Å². The molecule has 1 saturated heterocycles. The fourth-order valence-corrected chi connectivity index (χ4v) is 5.93. The number of hydrogen-bond donors (Lipinski definition) is 4. The van der Waals surface area contributed by atoms with Crippen LogP contribution in [0.25, 0.3) is 0 Å². The first kappa shape index (κ1) is 45.6. The lowest BCUT2D eigenvalue weighted by Gasteiger charge is -2.41. The van der Waals surface area contributed by atoms with Gasteiger partial charge in [-0.25, -0.2) is 4.18 Å². The van der Waals surface area contributed by atoms with Gasteiger partial charge in [-0.15, -0.1) is 0 Å². The summed E-state index contributed by atoms with van der Waals surface area (Å²) >= 11 is 0. The van der Waals surface area contributed by atoms with Crippen molar-refractivity contribution in [1.82, 2.24) is 0 Å². The van der Waals surface area contributed by atoms with E-state index in [0.29, 0.717) is 13.0 Å². The Balaban J connectivity index is 2.55. The summed E-state index contributed by atoms with van der Waals surface area (Å²) in [4.78, 5) is 12.7. The Morgan fingerprint density at radius 1 is 0.755 bits per heavy atom. The fraction of sp³-hybridized carbons (Fsp3) is 0.861. The number of carbonyl (C=O) groups excluding carboxylic acids is 1. The van der Waals surface area contributed by atoms with Crippen molar-refractivity contribution in [3.63, 3.8) is 0 Å². The largest absolute Gasteiger partial charge is 0.457 e. The van der Waals surface area contributed by atoms with Crippen LogP contribution in [-0.2, 0) is 38.3 Å². The lowest BCUT2D eigenvalue weighted by Crippen LogP contribution is -2.60. The van der Waals surface area contributed by atoms with Crippen LogP contribution in [0.2, 0.25) is 0 Å². The fourth-order valence-electron chi connectivity index (χ4n) is 5.42. The van der Waals surface area contributed by atoms with Gasteiger partial charge in [0.2, 0.25) is 0 Å². The first-order chi connectivity index (χ1) is 23.6. The van der Waals surface area contributed by atoms with Gasteiger partial charge in [0.25, 0.3) is 0 Å². The van der Waals surface area contributed by atoms with Gasteiger partial charge in [0.05, 0.1) is 19.8 Å². The standard InChI is InChI=1S/C36H66O12S/c1-3-5-7-9-11-13-15-17-19-21-23-25-32(38)46-30(28-44-26-24-22-20-18-16-14-12-10-8-6-4-2)29-45-36-34(40)35(48-49(41,42)43)33(39)31(27-37)47-36/h8-11,30-31,33-37,39-40H,3-7,12-29H2,1-2H3,(H,41,42,43)/b10-8-,11-9-. The van der Waals surface area contributed by atoms with E-state index in [9.17, 15) is 28.5 Å². The second kappa shape index (κ2) is 29.2. The summed E-state index contributed by atoms with van der Waals surface area (Å²) in [7, 11) is -5.05. The molecule has 288 valence electrons. The lowest BCUT2D eigenvalue weighted by molar-refractivity contribution is -0.301. The van der Waals surface area contributed by atoms with E-state index in [1.165, 1.54) is 38.5 Å². The third-order valence-corrected chi connectivity index (χ3v) is 8.74. The SMILES string of the molecule is CCC/C=C\CCCCCCCCOCC(COC1OC(CO)C(O)C(OS(=O)(=O)O)C1O)OC(=O)CCCCCCC/C=C\CCCC. The third kappa shape index (κ3) is 23.6. The molecule has 0 amide bonds. The molecule has 0 aromatic heterocycles. The molecule has 1 aliphatic heterocycles. The number of esters is 1. The van der Waals surface area contributed by atoms with Crippen LogP contribution < -0.4 is 0 Å². The first-order valence-electron chi connectivity index (χ1n) is 18.6. The van der Waals surface area contributed by atoms with Crippen molar-refractivity contribution in [3.05, 3.63) is 24.3 Å². The average molecular weight is 723 g/mol. The van der Waals surface area contributed by atoms with Gasteiger partial charge in [-0.3, -0.25) is 9.35 Å². The highest BCUT2D eigenvalue weighted by Crippen LogP contribution is 2.26. The average Bonchev–Trinajstić information content (AvgIpc) is 3.06. The molecule has 13 heteroatoms. The van der Waals surface area contributed by atoms with Crippen LogP contribution in [-0.4, -0.2) is 97.5 Å². The number of carbonyl (C=O) groups is 1. The van der Waals surface area contributed by atoms with Gasteiger partial charge in [0.1, 0.15) is 30.5 Å². The van der Waals surface area contributed by atoms with E-state index < -0.39 is 59.8 Å². The Morgan fingerprint density at radius 3 is 1.92 bits per heavy atom. The van der Waals surface area contributed by atoms with Gasteiger partial charge in [0, 0.05) is 13.0 Å². The van der Waals surface area contributed by atoms with E-state index in [1.54, 1.807) is 0 Å². The van der Waals surface area contributed by atoms with Crippen molar-refractivity contribution in [2.24, 2.45) is 0 Å². The zero-order chi connectivity index (χ0) is 36.2. The van der Waals surface area contributed by atoms with E-state index in [-0.39, 0.29) is 19.6 Å². The maximum Gasteiger partial charge on any atom is 0.397 e. The maximum absolute atomic E-state index is 12.7. The Hall–Kier alpha value is -1.42. The second-order valence-corrected chi connectivity index (χ2v) is 13.9. The summed E-state index contributed by atoms with van der Waals surface area (Å²) in [6.07, 6.45) is 19.4. The highest BCUT2D eigenvalue weighted by Gasteiger charge is 2.48. The van der Waals surface area contributed by atoms with Crippen molar-refractivity contribution in [3.8, 4) is 0 Å². The minimum atomic E-state index is -5.05. The van der Waals surface area contributed by atoms with Gasteiger partial charge >= 0.3 is 16.4 Å². The van der Waals surface area contributed by atoms with Crippen molar-refractivity contribution in [2.75, 3.05) is 26.4 Å². The number of ether oxygens (including phenoxy) is 4. The predicted octanol–water partition coefficient (Wildman–Crippen LogP) is 6.12. The molecular weight excluding hydrogens is 656 g/mol. The molecule has 6 unspecified atom stereocenters. The molecule has 1 rings (SSSR count). The van der Waals surface area contributed by atoms with Crippen molar-refractivity contribution in [1.29, 1.82) is 0 Å². The minimum absolute atomic E-state index is 0.0292. The molecule has 0 spiro atoms. The molecule has 0 radical (unpaired) electrons. The van der Waals surface area contributed by atoms with Crippen LogP contribution in [0.3, 0.4) is 0 Å². The van der Waals surface area contributed by atoms with Gasteiger partial charge in [0.15, 0.2) is 6.29 Å². The monoisotopic (exact) mass is 722 g/mol. The molecule has 0 aromatic carbocycles. The Morgan fingerprint density at radius 2 is 1.33 bits per heavy atom. The normalized spacial score (nSPS) is 22.3. The van der Waals surface area contributed by atoms with Crippen molar-refractivity contribution < 1.29 is 56.2 Å². The lowest BCUT2D eigenvalue weighted by atomic mass is 9.99. The number of unbranched alkanes of at least 4 members (excludes halogenated alkanes) is 14. The van der Waals surface area contributed by atoms with E-state index in [0.717, 1.165) is 70.6 Å². The van der Waals surface area contributed by atoms with Gasteiger partial charge < -0.3 is 34.3 Å². The van der Waals surface area contributed by atoms with Crippen LogP contribution in [0, 0.1) is 0 Å². The zero-order valence-corrected chi connectivity index (χ0v) is 30.8. The highest BCUT2D eigenvalue weighted by atomic mass is 32.3. The van der Waals surface area contributed by atoms with Gasteiger partial charge in [-0.2, -0.15) is 8.42 Å². The molecule has 1 heterocycles. The molecule has 6 atom stereocenters. The highest BCUT2D eigenvalue weighted by molar-refractivity contribution is 7.80. The van der Waals surface area contributed by atoms with Crippen LogP contribution in [0.1, 0.15) is 136 Å². The van der Waals surface area contributed by atoms with Crippen LogP contribution in [0.15, 0.2) is 24.3 Å². The maximum atomic E-state index is 12.7. The van der Waals surface area contributed by atoms with E-state index >= 15 is 0 Å². The van der Waals surface area contributed by atoms with Gasteiger partial charge in [-0.05, 0) is 51.4 Å². The Bertz CT molecular complexity index is 973. The first-order valence-corrected chi connectivity index (χ1v) is 20.0. The summed E-state index contributed by atoms with van der Waals surface area (Å²) in [5, 5.41) is 30.5. The molecule has 0 bridgehead atoms. The minimum Gasteiger partial charge on any atom is -0.457 e.